The average molecular weight is 433 g/mol. The van der Waals surface area contributed by atoms with Crippen LogP contribution >= 0.6 is 27.5 Å². The number of fused-ring (bicyclic) bond motifs is 3. The smallest absolute Gasteiger partial charge is 0.159 e. The molecule has 0 atom stereocenters. The van der Waals surface area contributed by atoms with Crippen molar-refractivity contribution in [2.24, 2.45) is 4.99 Å². The Morgan fingerprint density at radius 2 is 2.04 bits per heavy atom. The first-order chi connectivity index (χ1) is 12.6. The fraction of sp³-hybridized carbons (Fsp3) is 0.222. The zero-order chi connectivity index (χ0) is 17.8. The summed E-state index contributed by atoms with van der Waals surface area (Å²) in [4.78, 5) is 8.82. The maximum absolute atomic E-state index is 14.5. The largest absolute Gasteiger partial charge is 0.280 e. The highest BCUT2D eigenvalue weighted by Gasteiger charge is 2.34. The van der Waals surface area contributed by atoms with Crippen molar-refractivity contribution in [2.75, 3.05) is 0 Å². The van der Waals surface area contributed by atoms with Crippen LogP contribution in [0.3, 0.4) is 0 Å². The van der Waals surface area contributed by atoms with Gasteiger partial charge in [0, 0.05) is 22.2 Å². The molecular weight excluding hydrogens is 421 g/mol. The molecule has 3 aromatic rings. The van der Waals surface area contributed by atoms with Gasteiger partial charge >= 0.3 is 0 Å². The molecule has 1 fully saturated rings. The van der Waals surface area contributed by atoms with Crippen LogP contribution in [0.15, 0.2) is 39.9 Å². The quantitative estimate of drug-likeness (QED) is 0.601. The molecule has 0 spiro atoms. The van der Waals surface area contributed by atoms with Gasteiger partial charge in [0.25, 0.3) is 0 Å². The van der Waals surface area contributed by atoms with E-state index in [-0.39, 0.29) is 12.2 Å². The minimum Gasteiger partial charge on any atom is -0.280 e. The molecule has 0 amide bonds. The number of halogens is 3. The lowest BCUT2D eigenvalue weighted by Crippen LogP contribution is -2.13. The fourth-order valence-corrected chi connectivity index (χ4v) is 3.81. The number of pyridine rings is 1. The second-order valence-electron chi connectivity index (χ2n) is 6.34. The van der Waals surface area contributed by atoms with E-state index in [4.69, 9.17) is 11.6 Å². The van der Waals surface area contributed by atoms with Gasteiger partial charge < -0.3 is 0 Å². The third-order valence-electron chi connectivity index (χ3n) is 4.61. The van der Waals surface area contributed by atoms with Crippen molar-refractivity contribution < 1.29 is 4.39 Å². The summed E-state index contributed by atoms with van der Waals surface area (Å²) in [6, 6.07) is 6.74. The first-order valence-electron chi connectivity index (χ1n) is 8.23. The third-order valence-corrected chi connectivity index (χ3v) is 5.89. The zero-order valence-electron chi connectivity index (χ0n) is 13.5. The standard InChI is InChI=1S/C18H12BrClFN5/c19-10-5-6-12-14(15(10)20)17(16-11(21)2-1-7-22-16)23-8-13-24-25-18(26(12)13)9-3-4-9/h1-2,5-7,9H,3-4,8H2. The van der Waals surface area contributed by atoms with E-state index in [1.165, 1.54) is 6.07 Å². The summed E-state index contributed by atoms with van der Waals surface area (Å²) in [5, 5.41) is 9.15. The van der Waals surface area contributed by atoms with Gasteiger partial charge in [-0.25, -0.2) is 4.39 Å². The van der Waals surface area contributed by atoms with Crippen molar-refractivity contribution in [1.82, 2.24) is 19.7 Å². The van der Waals surface area contributed by atoms with E-state index < -0.39 is 5.82 Å². The van der Waals surface area contributed by atoms with E-state index in [1.54, 1.807) is 12.3 Å². The topological polar surface area (TPSA) is 56.0 Å². The molecular formula is C18H12BrClFN5. The summed E-state index contributed by atoms with van der Waals surface area (Å²) in [7, 11) is 0. The van der Waals surface area contributed by atoms with Gasteiger partial charge in [-0.05, 0) is 53.0 Å². The summed E-state index contributed by atoms with van der Waals surface area (Å²) in [6.07, 6.45) is 3.74. The lowest BCUT2D eigenvalue weighted by Gasteiger charge is -2.15. The van der Waals surface area contributed by atoms with Crippen LogP contribution in [0, 0.1) is 5.82 Å². The summed E-state index contributed by atoms with van der Waals surface area (Å²) in [5.74, 6) is 1.60. The molecule has 0 radical (unpaired) electrons. The normalized spacial score (nSPS) is 15.9. The van der Waals surface area contributed by atoms with E-state index in [2.05, 4.69) is 36.1 Å². The summed E-state index contributed by atoms with van der Waals surface area (Å²) >= 11 is 10.1. The maximum atomic E-state index is 14.5. The Morgan fingerprint density at radius 3 is 2.81 bits per heavy atom. The predicted octanol–water partition coefficient (Wildman–Crippen LogP) is 4.45. The molecule has 3 heterocycles. The SMILES string of the molecule is Fc1cccnc1C1=NCc2nnc(C3CC3)n2-c2ccc(Br)c(Cl)c21. The van der Waals surface area contributed by atoms with Crippen LogP contribution in [0.25, 0.3) is 5.69 Å². The van der Waals surface area contributed by atoms with Crippen LogP contribution in [0.2, 0.25) is 5.02 Å². The van der Waals surface area contributed by atoms with E-state index in [1.807, 2.05) is 16.7 Å². The highest BCUT2D eigenvalue weighted by molar-refractivity contribution is 9.10. The van der Waals surface area contributed by atoms with Crippen molar-refractivity contribution in [2.45, 2.75) is 25.3 Å². The average Bonchev–Trinajstić information content (AvgIpc) is 3.42. The highest BCUT2D eigenvalue weighted by Crippen LogP contribution is 2.42. The summed E-state index contributed by atoms with van der Waals surface area (Å²) < 4.78 is 17.2. The number of hydrogen-bond acceptors (Lipinski definition) is 4. The van der Waals surface area contributed by atoms with E-state index in [0.29, 0.717) is 26.7 Å². The molecule has 0 N–H and O–H groups in total. The first kappa shape index (κ1) is 16.1. The van der Waals surface area contributed by atoms with Gasteiger partial charge in [0.2, 0.25) is 0 Å². The molecule has 1 saturated carbocycles. The highest BCUT2D eigenvalue weighted by atomic mass is 79.9. The van der Waals surface area contributed by atoms with Gasteiger partial charge in [-0.15, -0.1) is 10.2 Å². The van der Waals surface area contributed by atoms with Crippen LogP contribution in [0.1, 0.15) is 41.7 Å². The number of aromatic nitrogens is 4. The molecule has 0 unspecified atom stereocenters. The zero-order valence-corrected chi connectivity index (χ0v) is 15.8. The van der Waals surface area contributed by atoms with Gasteiger partial charge in [-0.1, -0.05) is 11.6 Å². The Balaban J connectivity index is 1.82. The molecule has 1 aromatic carbocycles. The van der Waals surface area contributed by atoms with Gasteiger partial charge in [0.15, 0.2) is 11.6 Å². The number of aliphatic imine (C=N–C) groups is 1. The lowest BCUT2D eigenvalue weighted by molar-refractivity contribution is 0.618. The molecule has 26 heavy (non-hydrogen) atoms. The third kappa shape index (κ3) is 2.41. The van der Waals surface area contributed by atoms with E-state index in [9.17, 15) is 4.39 Å². The van der Waals surface area contributed by atoms with E-state index >= 15 is 0 Å². The molecule has 8 heteroatoms. The fourth-order valence-electron chi connectivity index (χ4n) is 3.24. The Hall–Kier alpha value is -2.12. The Kier molecular flexibility index (Phi) is 3.68. The van der Waals surface area contributed by atoms with E-state index in [0.717, 1.165) is 30.2 Å². The molecule has 5 rings (SSSR count). The molecule has 1 aliphatic heterocycles. The van der Waals surface area contributed by atoms with Crippen LogP contribution in [-0.2, 0) is 6.54 Å². The molecule has 5 nitrogen and oxygen atoms in total. The number of hydrogen-bond donors (Lipinski definition) is 0. The van der Waals surface area contributed by atoms with Gasteiger partial charge in [0.05, 0.1) is 16.4 Å². The first-order valence-corrected chi connectivity index (χ1v) is 9.40. The van der Waals surface area contributed by atoms with Crippen LogP contribution in [-0.4, -0.2) is 25.5 Å². The van der Waals surface area contributed by atoms with Crippen molar-refractivity contribution in [3.63, 3.8) is 0 Å². The number of nitrogens with zero attached hydrogens (tertiary/aromatic N) is 5. The molecule has 2 aliphatic rings. The maximum Gasteiger partial charge on any atom is 0.159 e. The van der Waals surface area contributed by atoms with Crippen molar-refractivity contribution >= 4 is 33.2 Å². The lowest BCUT2D eigenvalue weighted by atomic mass is 10.0. The Bertz CT molecular complexity index is 1070. The Morgan fingerprint density at radius 1 is 1.19 bits per heavy atom. The summed E-state index contributed by atoms with van der Waals surface area (Å²) in [6.45, 7) is 0.285. The molecule has 0 bridgehead atoms. The summed E-state index contributed by atoms with van der Waals surface area (Å²) in [5.41, 5.74) is 2.05. The number of benzene rings is 1. The van der Waals surface area contributed by atoms with Crippen molar-refractivity contribution in [3.8, 4) is 5.69 Å². The van der Waals surface area contributed by atoms with Gasteiger partial charge in [0.1, 0.15) is 18.1 Å². The second-order valence-corrected chi connectivity index (χ2v) is 7.57. The van der Waals surface area contributed by atoms with Crippen LogP contribution in [0.4, 0.5) is 4.39 Å². The molecule has 130 valence electrons. The van der Waals surface area contributed by atoms with Gasteiger partial charge in [-0.3, -0.25) is 14.5 Å². The monoisotopic (exact) mass is 431 g/mol. The van der Waals surface area contributed by atoms with Gasteiger partial charge in [-0.2, -0.15) is 0 Å². The predicted molar refractivity (Wildman–Crippen MR) is 99.6 cm³/mol. The molecule has 0 saturated heterocycles. The molecule has 1 aliphatic carbocycles. The number of rotatable bonds is 2. The minimum atomic E-state index is -0.437. The minimum absolute atomic E-state index is 0.181. The van der Waals surface area contributed by atoms with Crippen molar-refractivity contribution in [1.29, 1.82) is 0 Å². The Labute approximate surface area is 162 Å². The van der Waals surface area contributed by atoms with Crippen LogP contribution in [0.5, 0.6) is 0 Å². The molecule has 2 aromatic heterocycles. The van der Waals surface area contributed by atoms with Crippen molar-refractivity contribution in [3.05, 3.63) is 68.7 Å². The van der Waals surface area contributed by atoms with Crippen LogP contribution < -0.4 is 0 Å². The second kappa shape index (κ2) is 5.96.